The van der Waals surface area contributed by atoms with Crippen LogP contribution in [-0.2, 0) is 9.59 Å². The number of amides is 2. The van der Waals surface area contributed by atoms with Crippen molar-refractivity contribution in [2.45, 2.75) is 54.1 Å². The molecule has 0 radical (unpaired) electrons. The third kappa shape index (κ3) is 5.87. The predicted molar refractivity (Wildman–Crippen MR) is 97.1 cm³/mol. The number of hydrogen-bond acceptors (Lipinski definition) is 3. The maximum Gasteiger partial charge on any atom is 0.239 e. The molecule has 1 aromatic rings. The third-order valence-corrected chi connectivity index (χ3v) is 3.64. The van der Waals surface area contributed by atoms with E-state index >= 15 is 0 Å². The second-order valence-electron chi connectivity index (χ2n) is 7.18. The summed E-state index contributed by atoms with van der Waals surface area (Å²) in [4.78, 5) is 24.9. The van der Waals surface area contributed by atoms with Gasteiger partial charge in [-0.05, 0) is 52.2 Å². The van der Waals surface area contributed by atoms with Gasteiger partial charge in [0.15, 0.2) is 0 Å². The number of carbonyl (C=O) groups excluding carboxylic acids is 2. The smallest absolute Gasteiger partial charge is 0.239 e. The van der Waals surface area contributed by atoms with Crippen LogP contribution in [0.4, 0.5) is 5.69 Å². The largest absolute Gasteiger partial charge is 0.489 e. The molecule has 0 saturated carbocycles. The molecule has 0 bridgehead atoms. The molecule has 1 rings (SSSR count). The highest BCUT2D eigenvalue weighted by Crippen LogP contribution is 2.27. The summed E-state index contributed by atoms with van der Waals surface area (Å²) in [6, 6.07) is 7.23. The molecule has 1 aromatic carbocycles. The Morgan fingerprint density at radius 3 is 2.29 bits per heavy atom. The summed E-state index contributed by atoms with van der Waals surface area (Å²) >= 11 is 0. The highest BCUT2D eigenvalue weighted by Gasteiger charge is 2.36. The Balaban J connectivity index is 2.77. The Kier molecular flexibility index (Phi) is 7.26. The van der Waals surface area contributed by atoms with E-state index in [-0.39, 0.29) is 17.9 Å². The number of hydrogen-bond donors (Lipinski definition) is 2. The van der Waals surface area contributed by atoms with Gasteiger partial charge in [-0.25, -0.2) is 0 Å². The van der Waals surface area contributed by atoms with Crippen LogP contribution < -0.4 is 15.4 Å². The molecule has 5 heteroatoms. The maximum atomic E-state index is 12.6. The molecule has 0 spiro atoms. The molecule has 134 valence electrons. The molecule has 0 heterocycles. The summed E-state index contributed by atoms with van der Waals surface area (Å²) < 4.78 is 5.70. The van der Waals surface area contributed by atoms with Gasteiger partial charge in [-0.1, -0.05) is 26.0 Å². The van der Waals surface area contributed by atoms with Gasteiger partial charge in [0.05, 0.1) is 11.8 Å². The fourth-order valence-electron chi connectivity index (χ4n) is 2.00. The van der Waals surface area contributed by atoms with E-state index in [1.165, 1.54) is 0 Å². The standard InChI is InChI=1S/C19H30N2O3/c1-13(2)11-12-20-17(22)19(5,6)18(23)21-15-9-7-8-10-16(15)24-14(3)4/h7-10,13-14H,11-12H2,1-6H3,(H,20,22)(H,21,23). The van der Waals surface area contributed by atoms with Gasteiger partial charge >= 0.3 is 0 Å². The number of carbonyl (C=O) groups is 2. The van der Waals surface area contributed by atoms with E-state index in [2.05, 4.69) is 24.5 Å². The zero-order chi connectivity index (χ0) is 18.3. The van der Waals surface area contributed by atoms with Crippen LogP contribution in [0.2, 0.25) is 0 Å². The van der Waals surface area contributed by atoms with Crippen molar-refractivity contribution >= 4 is 17.5 Å². The van der Waals surface area contributed by atoms with E-state index < -0.39 is 5.41 Å². The van der Waals surface area contributed by atoms with Crippen LogP contribution >= 0.6 is 0 Å². The van der Waals surface area contributed by atoms with Gasteiger partial charge in [0.1, 0.15) is 11.2 Å². The maximum absolute atomic E-state index is 12.6. The van der Waals surface area contributed by atoms with Gasteiger partial charge in [-0.15, -0.1) is 0 Å². The first-order chi connectivity index (χ1) is 11.1. The van der Waals surface area contributed by atoms with Gasteiger partial charge in [0, 0.05) is 6.54 Å². The van der Waals surface area contributed by atoms with Crippen molar-refractivity contribution in [3.63, 3.8) is 0 Å². The van der Waals surface area contributed by atoms with E-state index in [0.717, 1.165) is 6.42 Å². The fourth-order valence-corrected chi connectivity index (χ4v) is 2.00. The Hall–Kier alpha value is -2.04. The Morgan fingerprint density at radius 1 is 1.08 bits per heavy atom. The van der Waals surface area contributed by atoms with E-state index in [4.69, 9.17) is 4.74 Å². The Bertz CT molecular complexity index is 565. The molecule has 0 aliphatic rings. The van der Waals surface area contributed by atoms with Gasteiger partial charge in [-0.3, -0.25) is 9.59 Å². The molecule has 0 atom stereocenters. The monoisotopic (exact) mass is 334 g/mol. The Morgan fingerprint density at radius 2 is 1.71 bits per heavy atom. The van der Waals surface area contributed by atoms with Crippen molar-refractivity contribution in [2.75, 3.05) is 11.9 Å². The Labute approximate surface area is 145 Å². The van der Waals surface area contributed by atoms with E-state index in [0.29, 0.717) is 23.9 Å². The molecule has 0 aliphatic heterocycles. The van der Waals surface area contributed by atoms with Gasteiger partial charge in [0.25, 0.3) is 0 Å². The quantitative estimate of drug-likeness (QED) is 0.714. The molecule has 2 N–H and O–H groups in total. The molecule has 0 unspecified atom stereocenters. The zero-order valence-electron chi connectivity index (χ0n) is 15.6. The molecule has 0 aliphatic carbocycles. The second-order valence-corrected chi connectivity index (χ2v) is 7.18. The first-order valence-corrected chi connectivity index (χ1v) is 8.50. The summed E-state index contributed by atoms with van der Waals surface area (Å²) in [5.41, 5.74) is -0.596. The van der Waals surface area contributed by atoms with Gasteiger partial charge < -0.3 is 15.4 Å². The van der Waals surface area contributed by atoms with Crippen LogP contribution in [-0.4, -0.2) is 24.5 Å². The van der Waals surface area contributed by atoms with Crippen LogP contribution in [0.5, 0.6) is 5.75 Å². The van der Waals surface area contributed by atoms with Crippen LogP contribution in [0.3, 0.4) is 0 Å². The topological polar surface area (TPSA) is 67.4 Å². The van der Waals surface area contributed by atoms with Gasteiger partial charge in [0.2, 0.25) is 11.8 Å². The highest BCUT2D eigenvalue weighted by molar-refractivity contribution is 6.10. The molecule has 0 saturated heterocycles. The second kappa shape index (κ2) is 8.71. The van der Waals surface area contributed by atoms with Crippen LogP contribution in [0.15, 0.2) is 24.3 Å². The van der Waals surface area contributed by atoms with Crippen molar-refractivity contribution in [1.82, 2.24) is 5.32 Å². The normalized spacial score (nSPS) is 11.5. The molecule has 0 fully saturated rings. The average Bonchev–Trinajstić information content (AvgIpc) is 2.48. The van der Waals surface area contributed by atoms with Crippen molar-refractivity contribution < 1.29 is 14.3 Å². The van der Waals surface area contributed by atoms with Crippen LogP contribution in [0.1, 0.15) is 48.0 Å². The lowest BCUT2D eigenvalue weighted by Crippen LogP contribution is -2.45. The van der Waals surface area contributed by atoms with E-state index in [1.54, 1.807) is 26.0 Å². The van der Waals surface area contributed by atoms with Crippen molar-refractivity contribution in [3.05, 3.63) is 24.3 Å². The lowest BCUT2D eigenvalue weighted by molar-refractivity contribution is -0.138. The number of nitrogens with one attached hydrogen (secondary N) is 2. The number of ether oxygens (including phenoxy) is 1. The summed E-state index contributed by atoms with van der Waals surface area (Å²) in [5.74, 6) is 0.464. The number of anilines is 1. The van der Waals surface area contributed by atoms with Crippen molar-refractivity contribution in [1.29, 1.82) is 0 Å². The summed E-state index contributed by atoms with van der Waals surface area (Å²) in [7, 11) is 0. The molecule has 5 nitrogen and oxygen atoms in total. The van der Waals surface area contributed by atoms with E-state index in [1.807, 2.05) is 26.0 Å². The number of rotatable bonds is 8. The average molecular weight is 334 g/mol. The molecule has 2 amide bonds. The lowest BCUT2D eigenvalue weighted by atomic mass is 9.90. The molecule has 24 heavy (non-hydrogen) atoms. The number of benzene rings is 1. The van der Waals surface area contributed by atoms with Crippen molar-refractivity contribution in [3.8, 4) is 5.75 Å². The third-order valence-electron chi connectivity index (χ3n) is 3.64. The van der Waals surface area contributed by atoms with Crippen LogP contribution in [0, 0.1) is 11.3 Å². The first kappa shape index (κ1) is 20.0. The summed E-state index contributed by atoms with van der Waals surface area (Å²) in [6.45, 7) is 11.8. The summed E-state index contributed by atoms with van der Waals surface area (Å²) in [5, 5.41) is 5.65. The highest BCUT2D eigenvalue weighted by atomic mass is 16.5. The lowest BCUT2D eigenvalue weighted by Gasteiger charge is -2.24. The fraction of sp³-hybridized carbons (Fsp3) is 0.579. The SMILES string of the molecule is CC(C)CCNC(=O)C(C)(C)C(=O)Nc1ccccc1OC(C)C. The first-order valence-electron chi connectivity index (χ1n) is 8.50. The molecular weight excluding hydrogens is 304 g/mol. The molecule has 0 aromatic heterocycles. The minimum atomic E-state index is -1.16. The number of para-hydroxylation sites is 2. The predicted octanol–water partition coefficient (Wildman–Crippen LogP) is 3.60. The van der Waals surface area contributed by atoms with Crippen molar-refractivity contribution in [2.24, 2.45) is 11.3 Å². The minimum absolute atomic E-state index is 0.00426. The van der Waals surface area contributed by atoms with E-state index in [9.17, 15) is 9.59 Å². The van der Waals surface area contributed by atoms with Gasteiger partial charge in [-0.2, -0.15) is 0 Å². The minimum Gasteiger partial charge on any atom is -0.489 e. The van der Waals surface area contributed by atoms with Crippen LogP contribution in [0.25, 0.3) is 0 Å². The molecular formula is C19H30N2O3. The zero-order valence-corrected chi connectivity index (χ0v) is 15.6. The summed E-state index contributed by atoms with van der Waals surface area (Å²) in [6.07, 6.45) is 0.879.